The molecule has 3 rings (SSSR count). The molecule has 2 aliphatic carbocycles. The predicted molar refractivity (Wildman–Crippen MR) is 85.1 cm³/mol. The molecule has 0 bridgehead atoms. The zero-order chi connectivity index (χ0) is 17.6. The number of aliphatic carboxylic acids is 1. The van der Waals surface area contributed by atoms with Gasteiger partial charge in [-0.05, 0) is 18.3 Å². The average molecular weight is 332 g/mol. The van der Waals surface area contributed by atoms with Crippen molar-refractivity contribution in [3.63, 3.8) is 0 Å². The summed E-state index contributed by atoms with van der Waals surface area (Å²) in [6.07, 6.45) is 1.72. The van der Waals surface area contributed by atoms with E-state index in [0.717, 1.165) is 12.8 Å². The minimum Gasteiger partial charge on any atom is -0.481 e. The summed E-state index contributed by atoms with van der Waals surface area (Å²) in [7, 11) is 0. The average Bonchev–Trinajstić information content (AvgIpc) is 3.40. The van der Waals surface area contributed by atoms with Gasteiger partial charge in [-0.1, -0.05) is 32.0 Å². The standard InChI is InChI=1S/C17H20N2O5/c1-17(2)13(14(17)16(21)22)15(20)18(11-7-8-11)9-10-5-3-4-6-12(10)19(23)24/h3-6,11,13-14H,7-9H2,1-2H3,(H,21,22)/t13-,14+/m1/s1. The second-order valence-corrected chi connectivity index (χ2v) is 7.20. The van der Waals surface area contributed by atoms with Gasteiger partial charge in [-0.3, -0.25) is 19.7 Å². The normalized spacial score (nSPS) is 24.2. The molecular formula is C17H20N2O5. The van der Waals surface area contributed by atoms with Gasteiger partial charge in [-0.2, -0.15) is 0 Å². The molecule has 2 saturated carbocycles. The molecule has 0 heterocycles. The van der Waals surface area contributed by atoms with E-state index in [0.29, 0.717) is 5.56 Å². The molecule has 1 amide bonds. The lowest BCUT2D eigenvalue weighted by Crippen LogP contribution is -2.35. The van der Waals surface area contributed by atoms with E-state index in [-0.39, 0.29) is 24.2 Å². The van der Waals surface area contributed by atoms with Crippen molar-refractivity contribution in [1.82, 2.24) is 4.90 Å². The Morgan fingerprint density at radius 3 is 2.42 bits per heavy atom. The number of carboxylic acid groups (broad SMARTS) is 1. The minimum absolute atomic E-state index is 0.0132. The number of nitrogens with zero attached hydrogens (tertiary/aromatic N) is 2. The molecular weight excluding hydrogens is 312 g/mol. The maximum absolute atomic E-state index is 12.9. The lowest BCUT2D eigenvalue weighted by atomic mass is 10.1. The Balaban J connectivity index is 1.84. The number of amides is 1. The predicted octanol–water partition coefficient (Wildman–Crippen LogP) is 2.44. The molecule has 0 aromatic heterocycles. The van der Waals surface area contributed by atoms with E-state index in [1.165, 1.54) is 6.07 Å². The molecule has 0 unspecified atom stereocenters. The Morgan fingerprint density at radius 2 is 1.92 bits per heavy atom. The zero-order valence-corrected chi connectivity index (χ0v) is 13.6. The van der Waals surface area contributed by atoms with E-state index < -0.39 is 28.1 Å². The maximum Gasteiger partial charge on any atom is 0.307 e. The molecule has 7 heteroatoms. The molecule has 2 atom stereocenters. The fourth-order valence-corrected chi connectivity index (χ4v) is 3.52. The van der Waals surface area contributed by atoms with Gasteiger partial charge in [-0.15, -0.1) is 0 Å². The number of rotatable bonds is 6. The van der Waals surface area contributed by atoms with Crippen molar-refractivity contribution in [2.24, 2.45) is 17.3 Å². The summed E-state index contributed by atoms with van der Waals surface area (Å²) in [6, 6.07) is 6.43. The third kappa shape index (κ3) is 2.74. The summed E-state index contributed by atoms with van der Waals surface area (Å²) in [5.41, 5.74) is -0.104. The summed E-state index contributed by atoms with van der Waals surface area (Å²) in [5.74, 6) is -2.40. The SMILES string of the molecule is CC1(C)[C@H](C(=O)O)[C@@H]1C(=O)N(Cc1ccccc1[N+](=O)[O-])C1CC1. The first-order valence-electron chi connectivity index (χ1n) is 8.00. The number of para-hydroxylation sites is 1. The molecule has 0 radical (unpaired) electrons. The van der Waals surface area contributed by atoms with Crippen LogP contribution in [-0.2, 0) is 16.1 Å². The lowest BCUT2D eigenvalue weighted by molar-refractivity contribution is -0.385. The van der Waals surface area contributed by atoms with Crippen LogP contribution in [0.2, 0.25) is 0 Å². The number of hydrogen-bond acceptors (Lipinski definition) is 4. The molecule has 0 aliphatic heterocycles. The van der Waals surface area contributed by atoms with Gasteiger partial charge in [0.2, 0.25) is 5.91 Å². The van der Waals surface area contributed by atoms with Gasteiger partial charge in [0, 0.05) is 17.7 Å². The Kier molecular flexibility index (Phi) is 3.81. The highest BCUT2D eigenvalue weighted by Gasteiger charge is 2.67. The topological polar surface area (TPSA) is 101 Å². The van der Waals surface area contributed by atoms with Crippen molar-refractivity contribution in [3.05, 3.63) is 39.9 Å². The van der Waals surface area contributed by atoms with Gasteiger partial charge in [-0.25, -0.2) is 0 Å². The third-order valence-corrected chi connectivity index (χ3v) is 5.16. The number of carboxylic acids is 1. The minimum atomic E-state index is -0.959. The van der Waals surface area contributed by atoms with Crippen LogP contribution in [0.25, 0.3) is 0 Å². The van der Waals surface area contributed by atoms with E-state index in [1.54, 1.807) is 36.9 Å². The molecule has 2 fully saturated rings. The maximum atomic E-state index is 12.9. The van der Waals surface area contributed by atoms with Gasteiger partial charge >= 0.3 is 5.97 Å². The second kappa shape index (κ2) is 5.58. The summed E-state index contributed by atoms with van der Waals surface area (Å²) in [6.45, 7) is 3.72. The Morgan fingerprint density at radius 1 is 1.29 bits per heavy atom. The van der Waals surface area contributed by atoms with Crippen LogP contribution in [0.3, 0.4) is 0 Å². The first-order valence-corrected chi connectivity index (χ1v) is 8.00. The van der Waals surface area contributed by atoms with Crippen molar-refractivity contribution in [3.8, 4) is 0 Å². The molecule has 24 heavy (non-hydrogen) atoms. The van der Waals surface area contributed by atoms with Gasteiger partial charge in [0.05, 0.1) is 23.3 Å². The van der Waals surface area contributed by atoms with Crippen LogP contribution in [-0.4, -0.2) is 32.8 Å². The largest absolute Gasteiger partial charge is 0.481 e. The molecule has 7 nitrogen and oxygen atoms in total. The fraction of sp³-hybridized carbons (Fsp3) is 0.529. The van der Waals surface area contributed by atoms with Crippen LogP contribution in [0, 0.1) is 27.4 Å². The van der Waals surface area contributed by atoms with E-state index in [9.17, 15) is 24.8 Å². The van der Waals surface area contributed by atoms with Gasteiger partial charge in [0.1, 0.15) is 0 Å². The van der Waals surface area contributed by atoms with E-state index in [4.69, 9.17) is 0 Å². The van der Waals surface area contributed by atoms with Crippen LogP contribution >= 0.6 is 0 Å². The third-order valence-electron chi connectivity index (χ3n) is 5.16. The Hall–Kier alpha value is -2.44. The monoisotopic (exact) mass is 332 g/mol. The summed E-state index contributed by atoms with van der Waals surface area (Å²) >= 11 is 0. The number of carbonyl (C=O) groups is 2. The van der Waals surface area contributed by atoms with Crippen molar-refractivity contribution < 1.29 is 19.6 Å². The summed E-state index contributed by atoms with van der Waals surface area (Å²) < 4.78 is 0. The van der Waals surface area contributed by atoms with Crippen molar-refractivity contribution in [2.75, 3.05) is 0 Å². The molecule has 128 valence electrons. The quantitative estimate of drug-likeness (QED) is 0.637. The highest BCUT2D eigenvalue weighted by Crippen LogP contribution is 2.59. The molecule has 2 aliphatic rings. The number of hydrogen-bond donors (Lipinski definition) is 1. The van der Waals surface area contributed by atoms with Crippen molar-refractivity contribution in [1.29, 1.82) is 0 Å². The number of nitro groups is 1. The van der Waals surface area contributed by atoms with Crippen LogP contribution in [0.1, 0.15) is 32.3 Å². The molecule has 1 aromatic rings. The fourth-order valence-electron chi connectivity index (χ4n) is 3.52. The molecule has 1 N–H and O–H groups in total. The second-order valence-electron chi connectivity index (χ2n) is 7.20. The number of carbonyl (C=O) groups excluding carboxylic acids is 1. The van der Waals surface area contributed by atoms with Gasteiger partial charge in [0.15, 0.2) is 0 Å². The van der Waals surface area contributed by atoms with Crippen LogP contribution in [0.15, 0.2) is 24.3 Å². The van der Waals surface area contributed by atoms with Gasteiger partial charge < -0.3 is 10.0 Å². The Labute approximate surface area is 139 Å². The Bertz CT molecular complexity index is 711. The molecule has 0 spiro atoms. The first kappa shape index (κ1) is 16.4. The van der Waals surface area contributed by atoms with Crippen molar-refractivity contribution in [2.45, 2.75) is 39.3 Å². The highest BCUT2D eigenvalue weighted by atomic mass is 16.6. The summed E-state index contributed by atoms with van der Waals surface area (Å²) in [4.78, 5) is 36.6. The first-order chi connectivity index (χ1) is 11.2. The van der Waals surface area contributed by atoms with E-state index in [1.807, 2.05) is 0 Å². The number of nitro benzene ring substituents is 1. The smallest absolute Gasteiger partial charge is 0.307 e. The van der Waals surface area contributed by atoms with E-state index in [2.05, 4.69) is 0 Å². The van der Waals surface area contributed by atoms with E-state index >= 15 is 0 Å². The highest BCUT2D eigenvalue weighted by molar-refractivity contribution is 5.92. The summed E-state index contributed by atoms with van der Waals surface area (Å²) in [5, 5.41) is 20.5. The molecule has 1 aromatic carbocycles. The lowest BCUT2D eigenvalue weighted by Gasteiger charge is -2.23. The van der Waals surface area contributed by atoms with Crippen LogP contribution in [0.4, 0.5) is 5.69 Å². The number of benzene rings is 1. The molecule has 0 saturated heterocycles. The van der Waals surface area contributed by atoms with Crippen LogP contribution < -0.4 is 0 Å². The zero-order valence-electron chi connectivity index (χ0n) is 13.6. The van der Waals surface area contributed by atoms with Crippen molar-refractivity contribution >= 4 is 17.6 Å². The van der Waals surface area contributed by atoms with Crippen LogP contribution in [0.5, 0.6) is 0 Å². The van der Waals surface area contributed by atoms with Gasteiger partial charge in [0.25, 0.3) is 5.69 Å².